The van der Waals surface area contributed by atoms with Gasteiger partial charge in [-0.2, -0.15) is 4.98 Å². The number of nitrogens with zero attached hydrogens (tertiary/aromatic N) is 4. The van der Waals surface area contributed by atoms with Crippen molar-refractivity contribution in [2.45, 2.75) is 78.6 Å². The van der Waals surface area contributed by atoms with Crippen LogP contribution in [0, 0.1) is 0 Å². The van der Waals surface area contributed by atoms with Gasteiger partial charge in [0.05, 0.1) is 6.54 Å². The summed E-state index contributed by atoms with van der Waals surface area (Å²) >= 11 is 0. The van der Waals surface area contributed by atoms with Crippen LogP contribution < -0.4 is 21.3 Å². The number of esters is 1. The fourth-order valence-electron chi connectivity index (χ4n) is 4.56. The molecule has 176 valence electrons. The van der Waals surface area contributed by atoms with Crippen LogP contribution in [0.2, 0.25) is 0 Å². The number of imidazole rings is 1. The third kappa shape index (κ3) is 4.58. The number of carbonyl (C=O) groups is 1. The summed E-state index contributed by atoms with van der Waals surface area (Å²) in [4.78, 5) is 42.2. The Balaban J connectivity index is 1.83. The fourth-order valence-corrected chi connectivity index (χ4v) is 4.56. The van der Waals surface area contributed by atoms with Crippen molar-refractivity contribution in [3.63, 3.8) is 0 Å². The zero-order valence-electron chi connectivity index (χ0n) is 19.5. The Hall–Kier alpha value is -3.36. The molecule has 0 radical (unpaired) electrons. The lowest BCUT2D eigenvalue weighted by molar-refractivity contribution is -0.131. The molecule has 2 heterocycles. The second-order valence-electron chi connectivity index (χ2n) is 8.49. The van der Waals surface area contributed by atoms with E-state index in [4.69, 9.17) is 9.72 Å². The van der Waals surface area contributed by atoms with E-state index < -0.39 is 0 Å². The standard InChI is InChI=1S/C24H31N5O4/c1-4-27-21-20(22(31)28(5-2)24(27)32)29(23(26-21)25-18-9-7-6-8-10-18)15-17-11-13-19(14-12-17)33-16(3)30/h11-14,18H,4-10,15H2,1-3H3,(H,25,26). The lowest BCUT2D eigenvalue weighted by Gasteiger charge is -2.23. The summed E-state index contributed by atoms with van der Waals surface area (Å²) in [5, 5.41) is 3.55. The maximum atomic E-state index is 13.3. The Kier molecular flexibility index (Phi) is 6.67. The average Bonchev–Trinajstić information content (AvgIpc) is 3.13. The van der Waals surface area contributed by atoms with Crippen molar-refractivity contribution in [1.82, 2.24) is 18.7 Å². The molecule has 0 spiro atoms. The molecule has 2 aromatic heterocycles. The highest BCUT2D eigenvalue weighted by Crippen LogP contribution is 2.25. The zero-order valence-corrected chi connectivity index (χ0v) is 19.5. The van der Waals surface area contributed by atoms with Gasteiger partial charge in [-0.15, -0.1) is 0 Å². The number of aromatic nitrogens is 4. The van der Waals surface area contributed by atoms with E-state index in [1.807, 2.05) is 23.6 Å². The monoisotopic (exact) mass is 453 g/mol. The SMILES string of the molecule is CCn1c(=O)c2c(nc(NC3CCCCC3)n2Cc2ccc(OC(C)=O)cc2)n(CC)c1=O. The third-order valence-electron chi connectivity index (χ3n) is 6.21. The molecule has 1 fully saturated rings. The van der Waals surface area contributed by atoms with Crippen LogP contribution in [0.1, 0.15) is 58.4 Å². The highest BCUT2D eigenvalue weighted by atomic mass is 16.5. The van der Waals surface area contributed by atoms with Crippen LogP contribution in [0.3, 0.4) is 0 Å². The number of benzene rings is 1. The lowest BCUT2D eigenvalue weighted by atomic mass is 9.96. The molecule has 0 bridgehead atoms. The first-order valence-corrected chi connectivity index (χ1v) is 11.7. The summed E-state index contributed by atoms with van der Waals surface area (Å²) in [5.41, 5.74) is 1.08. The summed E-state index contributed by atoms with van der Waals surface area (Å²) in [6.07, 6.45) is 5.68. The van der Waals surface area contributed by atoms with Crippen LogP contribution in [-0.2, 0) is 24.4 Å². The number of anilines is 1. The lowest BCUT2D eigenvalue weighted by Crippen LogP contribution is -2.40. The molecule has 0 saturated heterocycles. The predicted molar refractivity (Wildman–Crippen MR) is 127 cm³/mol. The van der Waals surface area contributed by atoms with Gasteiger partial charge >= 0.3 is 11.7 Å². The largest absolute Gasteiger partial charge is 0.427 e. The molecule has 0 atom stereocenters. The molecule has 0 unspecified atom stereocenters. The van der Waals surface area contributed by atoms with E-state index in [-0.39, 0.29) is 23.3 Å². The van der Waals surface area contributed by atoms with E-state index in [2.05, 4.69) is 5.32 Å². The van der Waals surface area contributed by atoms with Crippen molar-refractivity contribution < 1.29 is 9.53 Å². The minimum atomic E-state index is -0.375. The van der Waals surface area contributed by atoms with E-state index in [9.17, 15) is 14.4 Å². The van der Waals surface area contributed by atoms with Gasteiger partial charge in [0, 0.05) is 26.1 Å². The summed E-state index contributed by atoms with van der Waals surface area (Å²) in [5.74, 6) is 0.698. The molecule has 0 amide bonds. The number of nitrogens with one attached hydrogen (secondary N) is 1. The van der Waals surface area contributed by atoms with Crippen molar-refractivity contribution in [3.8, 4) is 5.75 Å². The van der Waals surface area contributed by atoms with E-state index in [1.165, 1.54) is 17.9 Å². The van der Waals surface area contributed by atoms with Crippen molar-refractivity contribution in [2.75, 3.05) is 5.32 Å². The number of aryl methyl sites for hydroxylation is 1. The van der Waals surface area contributed by atoms with Gasteiger partial charge in [0.15, 0.2) is 11.2 Å². The second kappa shape index (κ2) is 9.64. The van der Waals surface area contributed by atoms with Gasteiger partial charge in [-0.3, -0.25) is 23.3 Å². The molecule has 1 aliphatic rings. The Morgan fingerprint density at radius 1 is 1.03 bits per heavy atom. The Labute approximate surface area is 192 Å². The van der Waals surface area contributed by atoms with Gasteiger partial charge in [-0.25, -0.2) is 4.79 Å². The number of hydrogen-bond donors (Lipinski definition) is 1. The summed E-state index contributed by atoms with van der Waals surface area (Å²) in [6, 6.07) is 7.48. The normalized spacial score (nSPS) is 14.5. The molecule has 9 heteroatoms. The van der Waals surface area contributed by atoms with Gasteiger partial charge in [-0.05, 0) is 44.4 Å². The quantitative estimate of drug-likeness (QED) is 0.436. The molecular formula is C24H31N5O4. The maximum Gasteiger partial charge on any atom is 0.332 e. The van der Waals surface area contributed by atoms with Crippen LogP contribution in [0.25, 0.3) is 11.2 Å². The number of ether oxygens (including phenoxy) is 1. The van der Waals surface area contributed by atoms with E-state index in [1.54, 1.807) is 23.6 Å². The van der Waals surface area contributed by atoms with E-state index in [0.717, 1.165) is 31.2 Å². The number of fused-ring (bicyclic) bond motifs is 1. The predicted octanol–water partition coefficient (Wildman–Crippen LogP) is 3.12. The molecule has 0 aliphatic heterocycles. The van der Waals surface area contributed by atoms with Crippen molar-refractivity contribution in [3.05, 3.63) is 50.7 Å². The van der Waals surface area contributed by atoms with Gasteiger partial charge < -0.3 is 10.1 Å². The van der Waals surface area contributed by atoms with Crippen molar-refractivity contribution in [2.24, 2.45) is 0 Å². The minimum Gasteiger partial charge on any atom is -0.427 e. The van der Waals surface area contributed by atoms with Gasteiger partial charge in [0.25, 0.3) is 5.56 Å². The average molecular weight is 454 g/mol. The molecule has 1 saturated carbocycles. The zero-order chi connectivity index (χ0) is 23.5. The van der Waals surface area contributed by atoms with Gasteiger partial charge in [0.1, 0.15) is 5.75 Å². The van der Waals surface area contributed by atoms with Crippen LogP contribution >= 0.6 is 0 Å². The van der Waals surface area contributed by atoms with Crippen LogP contribution in [0.4, 0.5) is 5.95 Å². The van der Waals surface area contributed by atoms with Gasteiger partial charge in [0.2, 0.25) is 5.95 Å². The molecular weight excluding hydrogens is 422 g/mol. The molecule has 9 nitrogen and oxygen atoms in total. The van der Waals surface area contributed by atoms with Crippen LogP contribution in [0.5, 0.6) is 5.75 Å². The van der Waals surface area contributed by atoms with E-state index in [0.29, 0.717) is 42.5 Å². The Bertz CT molecular complexity index is 1260. The van der Waals surface area contributed by atoms with Crippen molar-refractivity contribution >= 4 is 23.1 Å². The Morgan fingerprint density at radius 3 is 2.30 bits per heavy atom. The maximum absolute atomic E-state index is 13.3. The van der Waals surface area contributed by atoms with Gasteiger partial charge in [-0.1, -0.05) is 31.4 Å². The number of hydrogen-bond acceptors (Lipinski definition) is 6. The summed E-state index contributed by atoms with van der Waals surface area (Å²) in [7, 11) is 0. The smallest absolute Gasteiger partial charge is 0.332 e. The number of rotatable bonds is 7. The second-order valence-corrected chi connectivity index (χ2v) is 8.49. The molecule has 33 heavy (non-hydrogen) atoms. The minimum absolute atomic E-state index is 0.288. The fraction of sp³-hybridized carbons (Fsp3) is 0.500. The highest BCUT2D eigenvalue weighted by Gasteiger charge is 2.23. The first-order valence-electron chi connectivity index (χ1n) is 11.7. The van der Waals surface area contributed by atoms with Crippen LogP contribution in [0.15, 0.2) is 33.9 Å². The highest BCUT2D eigenvalue weighted by molar-refractivity contribution is 5.74. The van der Waals surface area contributed by atoms with Crippen molar-refractivity contribution in [1.29, 1.82) is 0 Å². The molecule has 1 aromatic carbocycles. The molecule has 1 aliphatic carbocycles. The van der Waals surface area contributed by atoms with Crippen LogP contribution in [-0.4, -0.2) is 30.7 Å². The summed E-state index contributed by atoms with van der Waals surface area (Å²) < 4.78 is 9.83. The molecule has 4 rings (SSSR count). The number of carbonyl (C=O) groups excluding carboxylic acids is 1. The summed E-state index contributed by atoms with van der Waals surface area (Å²) in [6.45, 7) is 6.15. The first kappa shape index (κ1) is 22.8. The topological polar surface area (TPSA) is 100 Å². The third-order valence-corrected chi connectivity index (χ3v) is 6.21. The molecule has 3 aromatic rings. The molecule has 1 N–H and O–H groups in total. The van der Waals surface area contributed by atoms with E-state index >= 15 is 0 Å². The Morgan fingerprint density at radius 2 is 1.70 bits per heavy atom. The first-order chi connectivity index (χ1) is 15.9.